The van der Waals surface area contributed by atoms with E-state index >= 15 is 0 Å². The molecule has 2 aromatic carbocycles. The zero-order valence-corrected chi connectivity index (χ0v) is 10.5. The van der Waals surface area contributed by atoms with E-state index in [0.29, 0.717) is 18.2 Å². The topological polar surface area (TPSA) is 35.2 Å². The minimum absolute atomic E-state index is 0.224. The minimum atomic E-state index is -0.396. The van der Waals surface area contributed by atoms with Gasteiger partial charge in [-0.05, 0) is 35.4 Å². The fourth-order valence-corrected chi connectivity index (χ4v) is 1.66. The Morgan fingerprint density at radius 3 is 2.33 bits per heavy atom. The fourth-order valence-electron chi connectivity index (χ4n) is 1.53. The molecule has 0 radical (unpaired) electrons. The molecule has 0 aliphatic carbocycles. The Hall–Kier alpha value is -1.58. The van der Waals surface area contributed by atoms with Gasteiger partial charge in [-0.3, -0.25) is 0 Å². The summed E-state index contributed by atoms with van der Waals surface area (Å²) in [4.78, 5) is 0. The molecule has 0 aromatic heterocycles. The van der Waals surface area contributed by atoms with Crippen molar-refractivity contribution in [1.29, 1.82) is 0 Å². The molecule has 0 spiro atoms. The summed E-state index contributed by atoms with van der Waals surface area (Å²) in [6.07, 6.45) is 0. The molecule has 4 heteroatoms. The van der Waals surface area contributed by atoms with Crippen LogP contribution in [0.25, 0.3) is 0 Å². The predicted molar refractivity (Wildman–Crippen MR) is 70.1 cm³/mol. The zero-order valence-electron chi connectivity index (χ0n) is 9.70. The first-order chi connectivity index (χ1) is 8.69. The average molecular weight is 266 g/mol. The van der Waals surface area contributed by atoms with E-state index in [1.807, 2.05) is 12.1 Å². The zero-order chi connectivity index (χ0) is 13.0. The van der Waals surface area contributed by atoms with E-state index < -0.39 is 5.82 Å². The Morgan fingerprint density at radius 2 is 1.72 bits per heavy atom. The van der Waals surface area contributed by atoms with Crippen molar-refractivity contribution < 1.29 is 9.13 Å². The van der Waals surface area contributed by atoms with Gasteiger partial charge in [0, 0.05) is 11.6 Å². The largest absolute Gasteiger partial charge is 0.486 e. The van der Waals surface area contributed by atoms with Crippen molar-refractivity contribution >= 4 is 11.6 Å². The van der Waals surface area contributed by atoms with Crippen molar-refractivity contribution in [2.75, 3.05) is 0 Å². The number of hydrogen-bond donors (Lipinski definition) is 1. The summed E-state index contributed by atoms with van der Waals surface area (Å²) in [7, 11) is 0. The first-order valence-corrected chi connectivity index (χ1v) is 5.92. The Bertz CT molecular complexity index is 528. The van der Waals surface area contributed by atoms with E-state index in [1.165, 1.54) is 6.07 Å². The highest BCUT2D eigenvalue weighted by Gasteiger charge is 2.04. The van der Waals surface area contributed by atoms with Gasteiger partial charge in [0.2, 0.25) is 0 Å². The summed E-state index contributed by atoms with van der Waals surface area (Å²) in [5.74, 6) is -0.172. The third-order valence-corrected chi connectivity index (χ3v) is 2.79. The highest BCUT2D eigenvalue weighted by molar-refractivity contribution is 6.30. The van der Waals surface area contributed by atoms with Gasteiger partial charge in [0.05, 0.1) is 0 Å². The molecule has 0 saturated heterocycles. The summed E-state index contributed by atoms with van der Waals surface area (Å²) in [5, 5.41) is 0.664. The second-order valence-electron chi connectivity index (χ2n) is 3.88. The monoisotopic (exact) mass is 265 g/mol. The molecule has 0 atom stereocenters. The van der Waals surface area contributed by atoms with Crippen LogP contribution in [0.3, 0.4) is 0 Å². The number of halogens is 2. The quantitative estimate of drug-likeness (QED) is 0.918. The van der Waals surface area contributed by atoms with Crippen molar-refractivity contribution in [3.05, 3.63) is 64.4 Å². The Morgan fingerprint density at radius 1 is 1.06 bits per heavy atom. The molecular formula is C14H13ClFNO. The van der Waals surface area contributed by atoms with Crippen LogP contribution in [-0.2, 0) is 13.2 Å². The van der Waals surface area contributed by atoms with Crippen molar-refractivity contribution in [1.82, 2.24) is 0 Å². The van der Waals surface area contributed by atoms with Crippen LogP contribution < -0.4 is 10.5 Å². The lowest BCUT2D eigenvalue weighted by atomic mass is 10.2. The van der Waals surface area contributed by atoms with E-state index in [4.69, 9.17) is 22.1 Å². The highest BCUT2D eigenvalue weighted by atomic mass is 35.5. The summed E-state index contributed by atoms with van der Waals surface area (Å²) in [5.41, 5.74) is 7.10. The molecule has 0 aliphatic heterocycles. The number of hydrogen-bond acceptors (Lipinski definition) is 2. The first-order valence-electron chi connectivity index (χ1n) is 5.55. The van der Waals surface area contributed by atoms with Crippen LogP contribution in [0.2, 0.25) is 5.02 Å². The lowest BCUT2D eigenvalue weighted by molar-refractivity contribution is 0.290. The molecule has 2 aromatic rings. The molecule has 0 fully saturated rings. The summed E-state index contributed by atoms with van der Waals surface area (Å²) in [6, 6.07) is 12.0. The van der Waals surface area contributed by atoms with Crippen molar-refractivity contribution in [3.8, 4) is 5.75 Å². The van der Waals surface area contributed by atoms with Crippen LogP contribution in [0.5, 0.6) is 5.75 Å². The predicted octanol–water partition coefficient (Wildman–Crippen LogP) is 3.52. The van der Waals surface area contributed by atoms with Crippen molar-refractivity contribution in [2.45, 2.75) is 13.2 Å². The third-order valence-electron chi connectivity index (χ3n) is 2.54. The normalized spacial score (nSPS) is 10.4. The molecule has 0 amide bonds. The summed E-state index contributed by atoms with van der Waals surface area (Å²) < 4.78 is 19.0. The molecule has 0 saturated carbocycles. The number of ether oxygens (including phenoxy) is 1. The Labute approximate surface area is 110 Å². The molecule has 94 valence electrons. The average Bonchev–Trinajstić information content (AvgIpc) is 2.39. The van der Waals surface area contributed by atoms with Crippen LogP contribution in [0.4, 0.5) is 4.39 Å². The second-order valence-corrected chi connectivity index (χ2v) is 4.32. The van der Waals surface area contributed by atoms with Gasteiger partial charge in [0.15, 0.2) is 11.6 Å². The maximum absolute atomic E-state index is 13.6. The maximum atomic E-state index is 13.6. The van der Waals surface area contributed by atoms with E-state index in [-0.39, 0.29) is 5.75 Å². The molecule has 0 bridgehead atoms. The van der Waals surface area contributed by atoms with Gasteiger partial charge in [0.1, 0.15) is 6.61 Å². The van der Waals surface area contributed by atoms with E-state index in [1.54, 1.807) is 24.3 Å². The van der Waals surface area contributed by atoms with Crippen LogP contribution >= 0.6 is 11.6 Å². The Balaban J connectivity index is 2.04. The maximum Gasteiger partial charge on any atom is 0.165 e. The van der Waals surface area contributed by atoms with E-state index in [0.717, 1.165) is 11.1 Å². The SMILES string of the molecule is NCc1ccc(OCc2ccc(Cl)cc2)c(F)c1. The number of benzene rings is 2. The second kappa shape index (κ2) is 5.85. The summed E-state index contributed by atoms with van der Waals surface area (Å²) in [6.45, 7) is 0.616. The lowest BCUT2D eigenvalue weighted by Crippen LogP contribution is -2.00. The fraction of sp³-hybridized carbons (Fsp3) is 0.143. The van der Waals surface area contributed by atoms with Gasteiger partial charge >= 0.3 is 0 Å². The molecule has 18 heavy (non-hydrogen) atoms. The minimum Gasteiger partial charge on any atom is -0.486 e. The molecule has 2 rings (SSSR count). The molecule has 0 heterocycles. The Kier molecular flexibility index (Phi) is 4.18. The van der Waals surface area contributed by atoms with Gasteiger partial charge in [0.25, 0.3) is 0 Å². The van der Waals surface area contributed by atoms with Crippen LogP contribution in [-0.4, -0.2) is 0 Å². The van der Waals surface area contributed by atoms with Gasteiger partial charge < -0.3 is 10.5 Å². The number of nitrogens with two attached hydrogens (primary N) is 1. The van der Waals surface area contributed by atoms with Gasteiger partial charge in [-0.2, -0.15) is 0 Å². The smallest absolute Gasteiger partial charge is 0.165 e. The standard InChI is InChI=1S/C14H13ClFNO/c15-12-4-1-10(2-5-12)9-18-14-6-3-11(8-17)7-13(14)16/h1-7H,8-9,17H2. The van der Waals surface area contributed by atoms with Crippen molar-refractivity contribution in [3.63, 3.8) is 0 Å². The van der Waals surface area contributed by atoms with Gasteiger partial charge in [-0.15, -0.1) is 0 Å². The van der Waals surface area contributed by atoms with Gasteiger partial charge in [-0.1, -0.05) is 29.8 Å². The number of rotatable bonds is 4. The van der Waals surface area contributed by atoms with E-state index in [2.05, 4.69) is 0 Å². The van der Waals surface area contributed by atoms with Crippen molar-refractivity contribution in [2.24, 2.45) is 5.73 Å². The third kappa shape index (κ3) is 3.22. The van der Waals surface area contributed by atoms with Crippen LogP contribution in [0, 0.1) is 5.82 Å². The molecule has 0 aliphatic rings. The summed E-state index contributed by atoms with van der Waals surface area (Å²) >= 11 is 5.77. The van der Waals surface area contributed by atoms with Crippen LogP contribution in [0.1, 0.15) is 11.1 Å². The molecule has 0 unspecified atom stereocenters. The lowest BCUT2D eigenvalue weighted by Gasteiger charge is -2.08. The molecular weight excluding hydrogens is 253 g/mol. The van der Waals surface area contributed by atoms with Crippen LogP contribution in [0.15, 0.2) is 42.5 Å². The highest BCUT2D eigenvalue weighted by Crippen LogP contribution is 2.20. The molecule has 2 N–H and O–H groups in total. The van der Waals surface area contributed by atoms with Gasteiger partial charge in [-0.25, -0.2) is 4.39 Å². The first kappa shape index (κ1) is 12.9. The van der Waals surface area contributed by atoms with E-state index in [9.17, 15) is 4.39 Å². The molecule has 2 nitrogen and oxygen atoms in total.